The summed E-state index contributed by atoms with van der Waals surface area (Å²) in [6.45, 7) is 3.36. The lowest BCUT2D eigenvalue weighted by Gasteiger charge is -2.31. The molecule has 0 radical (unpaired) electrons. The highest BCUT2D eigenvalue weighted by atomic mass is 15.3. The summed E-state index contributed by atoms with van der Waals surface area (Å²) >= 11 is 0. The Labute approximate surface area is 116 Å². The zero-order valence-corrected chi connectivity index (χ0v) is 12.2. The van der Waals surface area contributed by atoms with Crippen molar-refractivity contribution in [2.45, 2.75) is 51.5 Å². The van der Waals surface area contributed by atoms with Gasteiger partial charge in [0.1, 0.15) is 12.2 Å². The van der Waals surface area contributed by atoms with Crippen LogP contribution in [0.25, 0.3) is 0 Å². The predicted octanol–water partition coefficient (Wildman–Crippen LogP) is 2.16. The van der Waals surface area contributed by atoms with Crippen molar-refractivity contribution in [3.63, 3.8) is 0 Å². The first-order valence-corrected chi connectivity index (χ1v) is 7.84. The molecule has 1 heterocycles. The van der Waals surface area contributed by atoms with E-state index in [-0.39, 0.29) is 0 Å². The van der Waals surface area contributed by atoms with Gasteiger partial charge in [-0.25, -0.2) is 4.98 Å². The van der Waals surface area contributed by atoms with Gasteiger partial charge in [0, 0.05) is 19.5 Å². The molecule has 0 aromatic carbocycles. The smallest absolute Gasteiger partial charge is 0.138 e. The van der Waals surface area contributed by atoms with Crippen LogP contribution >= 0.6 is 0 Å². The van der Waals surface area contributed by atoms with Crippen molar-refractivity contribution in [2.24, 2.45) is 24.8 Å². The summed E-state index contributed by atoms with van der Waals surface area (Å²) < 4.78 is 1.92. The maximum atomic E-state index is 4.41. The summed E-state index contributed by atoms with van der Waals surface area (Å²) in [5.41, 5.74) is 0. The van der Waals surface area contributed by atoms with Crippen molar-refractivity contribution in [1.82, 2.24) is 20.1 Å². The van der Waals surface area contributed by atoms with Gasteiger partial charge >= 0.3 is 0 Å². The van der Waals surface area contributed by atoms with Crippen LogP contribution in [0.1, 0.15) is 44.9 Å². The normalized spacial score (nSPS) is 30.9. The van der Waals surface area contributed by atoms with Crippen LogP contribution in [0, 0.1) is 17.8 Å². The molecule has 1 aromatic heterocycles. The van der Waals surface area contributed by atoms with Gasteiger partial charge in [0.15, 0.2) is 0 Å². The topological polar surface area (TPSA) is 42.7 Å². The minimum absolute atomic E-state index is 0.596. The fourth-order valence-corrected chi connectivity index (χ4v) is 4.19. The highest BCUT2D eigenvalue weighted by molar-refractivity contribution is 4.99. The van der Waals surface area contributed by atoms with Crippen LogP contribution < -0.4 is 5.32 Å². The van der Waals surface area contributed by atoms with E-state index < -0.39 is 0 Å². The molecule has 1 aromatic rings. The summed E-state index contributed by atoms with van der Waals surface area (Å²) in [7, 11) is 2.00. The molecule has 2 aliphatic carbocycles. The quantitative estimate of drug-likeness (QED) is 0.854. The molecule has 0 aliphatic heterocycles. The third kappa shape index (κ3) is 2.69. The standard InChI is InChI=1S/C15H26N4/c1-3-6-16-14(9-15-17-10-18-19(15)2)13-8-11-4-5-12(13)7-11/h10-14,16H,3-9H2,1-2H3. The molecule has 0 amide bonds. The molecule has 2 aliphatic rings. The number of nitrogens with one attached hydrogen (secondary N) is 1. The summed E-state index contributed by atoms with van der Waals surface area (Å²) in [4.78, 5) is 4.41. The van der Waals surface area contributed by atoms with E-state index in [4.69, 9.17) is 0 Å². The van der Waals surface area contributed by atoms with E-state index in [0.29, 0.717) is 6.04 Å². The molecule has 4 unspecified atom stereocenters. The van der Waals surface area contributed by atoms with E-state index in [2.05, 4.69) is 22.3 Å². The van der Waals surface area contributed by atoms with E-state index in [0.717, 1.165) is 36.5 Å². The van der Waals surface area contributed by atoms with Crippen LogP contribution in [0.3, 0.4) is 0 Å². The van der Waals surface area contributed by atoms with Gasteiger partial charge < -0.3 is 5.32 Å². The lowest BCUT2D eigenvalue weighted by atomic mass is 9.82. The van der Waals surface area contributed by atoms with Crippen molar-refractivity contribution in [2.75, 3.05) is 6.54 Å². The van der Waals surface area contributed by atoms with Crippen molar-refractivity contribution < 1.29 is 0 Å². The number of aryl methyl sites for hydroxylation is 1. The Kier molecular flexibility index (Phi) is 3.87. The first kappa shape index (κ1) is 13.1. The fourth-order valence-electron chi connectivity index (χ4n) is 4.19. The highest BCUT2D eigenvalue weighted by Crippen LogP contribution is 2.49. The van der Waals surface area contributed by atoms with Crippen LogP contribution in [0.4, 0.5) is 0 Å². The first-order valence-electron chi connectivity index (χ1n) is 7.84. The summed E-state index contributed by atoms with van der Waals surface area (Å²) in [5, 5.41) is 7.98. The minimum Gasteiger partial charge on any atom is -0.313 e. The number of hydrogen-bond acceptors (Lipinski definition) is 3. The Hall–Kier alpha value is -0.900. The number of nitrogens with zero attached hydrogens (tertiary/aromatic N) is 3. The van der Waals surface area contributed by atoms with Gasteiger partial charge in [-0.1, -0.05) is 13.3 Å². The van der Waals surface area contributed by atoms with Crippen molar-refractivity contribution >= 4 is 0 Å². The summed E-state index contributed by atoms with van der Waals surface area (Å²) in [5.74, 6) is 3.96. The minimum atomic E-state index is 0.596. The third-order valence-corrected chi connectivity index (χ3v) is 5.17. The predicted molar refractivity (Wildman–Crippen MR) is 75.7 cm³/mol. The number of fused-ring (bicyclic) bond motifs is 2. The second-order valence-electron chi connectivity index (χ2n) is 6.40. The van der Waals surface area contributed by atoms with Gasteiger partial charge in [-0.15, -0.1) is 0 Å². The van der Waals surface area contributed by atoms with E-state index in [9.17, 15) is 0 Å². The second-order valence-corrected chi connectivity index (χ2v) is 6.40. The second kappa shape index (κ2) is 5.61. The summed E-state index contributed by atoms with van der Waals surface area (Å²) in [6, 6.07) is 0.596. The maximum absolute atomic E-state index is 4.41. The molecule has 0 spiro atoms. The molecular formula is C15H26N4. The van der Waals surface area contributed by atoms with Gasteiger partial charge in [-0.2, -0.15) is 5.10 Å². The van der Waals surface area contributed by atoms with Gasteiger partial charge in [-0.3, -0.25) is 4.68 Å². The van der Waals surface area contributed by atoms with Gasteiger partial charge in [-0.05, 0) is 50.0 Å². The molecule has 4 atom stereocenters. The number of aromatic nitrogens is 3. The molecule has 3 rings (SSSR count). The van der Waals surface area contributed by atoms with Gasteiger partial charge in [0.25, 0.3) is 0 Å². The Morgan fingerprint density at radius 1 is 1.42 bits per heavy atom. The van der Waals surface area contributed by atoms with E-state index in [1.54, 1.807) is 6.33 Å². The van der Waals surface area contributed by atoms with Crippen LogP contribution in [0.2, 0.25) is 0 Å². The SMILES string of the molecule is CCCNC(Cc1ncnn1C)C1CC2CCC1C2. The zero-order chi connectivity index (χ0) is 13.2. The molecule has 2 bridgehead atoms. The average molecular weight is 262 g/mol. The fraction of sp³-hybridized carbons (Fsp3) is 0.867. The molecule has 2 saturated carbocycles. The zero-order valence-electron chi connectivity index (χ0n) is 12.2. The van der Waals surface area contributed by atoms with Gasteiger partial charge in [0.2, 0.25) is 0 Å². The van der Waals surface area contributed by atoms with Gasteiger partial charge in [0.05, 0.1) is 0 Å². The monoisotopic (exact) mass is 262 g/mol. The largest absolute Gasteiger partial charge is 0.313 e. The third-order valence-electron chi connectivity index (χ3n) is 5.17. The Morgan fingerprint density at radius 3 is 2.89 bits per heavy atom. The van der Waals surface area contributed by atoms with Crippen LogP contribution in [-0.2, 0) is 13.5 Å². The lowest BCUT2D eigenvalue weighted by molar-refractivity contribution is 0.243. The van der Waals surface area contributed by atoms with Crippen molar-refractivity contribution in [1.29, 1.82) is 0 Å². The molecule has 2 fully saturated rings. The molecule has 19 heavy (non-hydrogen) atoms. The van der Waals surface area contributed by atoms with Crippen molar-refractivity contribution in [3.05, 3.63) is 12.2 Å². The molecule has 0 saturated heterocycles. The Balaban J connectivity index is 1.68. The van der Waals surface area contributed by atoms with Crippen LogP contribution in [0.5, 0.6) is 0 Å². The molecule has 1 N–H and O–H groups in total. The van der Waals surface area contributed by atoms with Crippen LogP contribution in [-0.4, -0.2) is 27.4 Å². The molecule has 4 nitrogen and oxygen atoms in total. The van der Waals surface area contributed by atoms with E-state index in [1.807, 2.05) is 11.7 Å². The molecule has 106 valence electrons. The Bertz CT molecular complexity index is 414. The first-order chi connectivity index (χ1) is 9.28. The van der Waals surface area contributed by atoms with E-state index >= 15 is 0 Å². The average Bonchev–Trinajstić information content (AvgIpc) is 3.11. The summed E-state index contributed by atoms with van der Waals surface area (Å²) in [6.07, 6.45) is 9.76. The van der Waals surface area contributed by atoms with E-state index in [1.165, 1.54) is 32.1 Å². The number of rotatable bonds is 6. The lowest BCUT2D eigenvalue weighted by Crippen LogP contribution is -2.41. The highest BCUT2D eigenvalue weighted by Gasteiger charge is 2.43. The Morgan fingerprint density at radius 2 is 2.32 bits per heavy atom. The maximum Gasteiger partial charge on any atom is 0.138 e. The van der Waals surface area contributed by atoms with Crippen molar-refractivity contribution in [3.8, 4) is 0 Å². The molecule has 4 heteroatoms. The number of hydrogen-bond donors (Lipinski definition) is 1. The molecular weight excluding hydrogens is 236 g/mol. The van der Waals surface area contributed by atoms with Crippen LogP contribution in [0.15, 0.2) is 6.33 Å².